The first-order valence-electron chi connectivity index (χ1n) is 5.72. The molecular formula is C13H15BrN2O2. The highest BCUT2D eigenvalue weighted by Gasteiger charge is 2.11. The van der Waals surface area contributed by atoms with Crippen molar-refractivity contribution < 1.29 is 9.84 Å². The minimum absolute atomic E-state index is 0.146. The van der Waals surface area contributed by atoms with Gasteiger partial charge in [-0.15, -0.1) is 0 Å². The van der Waals surface area contributed by atoms with Crippen molar-refractivity contribution in [3.63, 3.8) is 0 Å². The Balaban J connectivity index is 2.14. The van der Waals surface area contributed by atoms with E-state index in [1.807, 2.05) is 10.6 Å². The van der Waals surface area contributed by atoms with E-state index in [4.69, 9.17) is 4.74 Å². The summed E-state index contributed by atoms with van der Waals surface area (Å²) in [5.74, 6) is 0.623. The molecule has 0 radical (unpaired) electrons. The van der Waals surface area contributed by atoms with Crippen LogP contribution >= 0.6 is 15.9 Å². The number of benzene rings is 1. The number of hydrogen-bond donors (Lipinski definition) is 1. The molecule has 1 aromatic carbocycles. The summed E-state index contributed by atoms with van der Waals surface area (Å²) in [4.78, 5) is 4.21. The van der Waals surface area contributed by atoms with Crippen LogP contribution in [0.1, 0.15) is 25.6 Å². The summed E-state index contributed by atoms with van der Waals surface area (Å²) in [7, 11) is 0. The number of phenolic OH excluding ortho intramolecular Hbond substituents is 1. The van der Waals surface area contributed by atoms with E-state index >= 15 is 0 Å². The lowest BCUT2D eigenvalue weighted by Gasteiger charge is -2.14. The second-order valence-corrected chi connectivity index (χ2v) is 4.95. The van der Waals surface area contributed by atoms with Gasteiger partial charge in [0.2, 0.25) is 0 Å². The molecule has 0 unspecified atom stereocenters. The predicted molar refractivity (Wildman–Crippen MR) is 72.8 cm³/mol. The topological polar surface area (TPSA) is 47.3 Å². The van der Waals surface area contributed by atoms with Crippen molar-refractivity contribution in [2.75, 3.05) is 0 Å². The second kappa shape index (κ2) is 5.44. The van der Waals surface area contributed by atoms with Gasteiger partial charge in [-0.25, -0.2) is 4.98 Å². The Bertz CT molecular complexity index is 538. The standard InChI is InChI=1S/C13H15BrN2O2/c1-9(2)16-10(7-15-13(16)14)8-18-12-6-4-3-5-11(12)17/h3-7,9,17H,8H2,1-2H3. The highest BCUT2D eigenvalue weighted by Crippen LogP contribution is 2.26. The van der Waals surface area contributed by atoms with Gasteiger partial charge in [-0.1, -0.05) is 12.1 Å². The number of hydrogen-bond acceptors (Lipinski definition) is 3. The van der Waals surface area contributed by atoms with Gasteiger partial charge in [-0.2, -0.15) is 0 Å². The number of phenols is 1. The van der Waals surface area contributed by atoms with Crippen molar-refractivity contribution in [3.05, 3.63) is 40.9 Å². The molecule has 0 fully saturated rings. The van der Waals surface area contributed by atoms with E-state index in [2.05, 4.69) is 34.8 Å². The van der Waals surface area contributed by atoms with Crippen LogP contribution in [0.4, 0.5) is 0 Å². The smallest absolute Gasteiger partial charge is 0.177 e. The van der Waals surface area contributed by atoms with Crippen molar-refractivity contribution in [2.45, 2.75) is 26.5 Å². The average molecular weight is 311 g/mol. The van der Waals surface area contributed by atoms with Crippen LogP contribution in [0.5, 0.6) is 11.5 Å². The molecule has 18 heavy (non-hydrogen) atoms. The summed E-state index contributed by atoms with van der Waals surface area (Å²) in [6.45, 7) is 4.53. The molecule has 0 aliphatic heterocycles. The zero-order valence-corrected chi connectivity index (χ0v) is 11.9. The minimum atomic E-state index is 0.146. The van der Waals surface area contributed by atoms with Gasteiger partial charge in [0.15, 0.2) is 16.2 Å². The fourth-order valence-electron chi connectivity index (χ4n) is 1.75. The number of ether oxygens (including phenoxy) is 1. The Morgan fingerprint density at radius 1 is 1.39 bits per heavy atom. The number of para-hydroxylation sites is 2. The van der Waals surface area contributed by atoms with Crippen molar-refractivity contribution in [2.24, 2.45) is 0 Å². The first kappa shape index (κ1) is 13.0. The first-order chi connectivity index (χ1) is 8.59. The SMILES string of the molecule is CC(C)n1c(COc2ccccc2O)cnc1Br. The molecule has 0 amide bonds. The molecule has 1 aromatic heterocycles. The van der Waals surface area contributed by atoms with Crippen LogP contribution in [0.25, 0.3) is 0 Å². The van der Waals surface area contributed by atoms with Crippen molar-refractivity contribution in [1.29, 1.82) is 0 Å². The van der Waals surface area contributed by atoms with Crippen molar-refractivity contribution in [1.82, 2.24) is 9.55 Å². The summed E-state index contributed by atoms with van der Waals surface area (Å²) >= 11 is 3.41. The third-order valence-corrected chi connectivity index (χ3v) is 3.17. The van der Waals surface area contributed by atoms with E-state index in [1.54, 1.807) is 24.4 Å². The first-order valence-corrected chi connectivity index (χ1v) is 6.51. The third-order valence-electron chi connectivity index (χ3n) is 2.59. The van der Waals surface area contributed by atoms with Crippen LogP contribution < -0.4 is 4.74 Å². The second-order valence-electron chi connectivity index (χ2n) is 4.24. The van der Waals surface area contributed by atoms with Crippen LogP contribution in [-0.2, 0) is 6.61 Å². The Kier molecular flexibility index (Phi) is 3.91. The van der Waals surface area contributed by atoms with Crippen LogP contribution in [0.3, 0.4) is 0 Å². The highest BCUT2D eigenvalue weighted by molar-refractivity contribution is 9.10. The molecule has 0 saturated carbocycles. The molecule has 2 aromatic rings. The summed E-state index contributed by atoms with van der Waals surface area (Å²) in [5.41, 5.74) is 0.958. The van der Waals surface area contributed by atoms with Gasteiger partial charge >= 0.3 is 0 Å². The van der Waals surface area contributed by atoms with Crippen LogP contribution in [0.2, 0.25) is 0 Å². The summed E-state index contributed by atoms with van der Waals surface area (Å²) in [6.07, 6.45) is 1.77. The fourth-order valence-corrected chi connectivity index (χ4v) is 2.49. The zero-order chi connectivity index (χ0) is 13.1. The molecule has 0 saturated heterocycles. The van der Waals surface area contributed by atoms with Crippen molar-refractivity contribution in [3.8, 4) is 11.5 Å². The van der Waals surface area contributed by atoms with Gasteiger partial charge < -0.3 is 14.4 Å². The molecule has 0 aliphatic carbocycles. The maximum atomic E-state index is 9.62. The molecule has 0 bridgehead atoms. The number of rotatable bonds is 4. The molecule has 2 rings (SSSR count). The van der Waals surface area contributed by atoms with E-state index in [-0.39, 0.29) is 5.75 Å². The molecule has 0 atom stereocenters. The van der Waals surface area contributed by atoms with Gasteiger partial charge in [-0.05, 0) is 41.9 Å². The fraction of sp³-hybridized carbons (Fsp3) is 0.308. The Morgan fingerprint density at radius 2 is 2.11 bits per heavy atom. The van der Waals surface area contributed by atoms with E-state index < -0.39 is 0 Å². The molecule has 96 valence electrons. The normalized spacial score (nSPS) is 10.9. The molecule has 1 N–H and O–H groups in total. The maximum absolute atomic E-state index is 9.62. The number of aromatic hydroxyl groups is 1. The molecule has 5 heteroatoms. The van der Waals surface area contributed by atoms with E-state index in [1.165, 1.54) is 0 Å². The maximum Gasteiger partial charge on any atom is 0.177 e. The lowest BCUT2D eigenvalue weighted by atomic mass is 10.3. The average Bonchev–Trinajstić information content (AvgIpc) is 2.69. The van der Waals surface area contributed by atoms with Gasteiger partial charge in [0.05, 0.1) is 11.9 Å². The van der Waals surface area contributed by atoms with Gasteiger partial charge in [0, 0.05) is 6.04 Å². The highest BCUT2D eigenvalue weighted by atomic mass is 79.9. The molecule has 0 spiro atoms. The Morgan fingerprint density at radius 3 is 2.78 bits per heavy atom. The molecule has 4 nitrogen and oxygen atoms in total. The largest absolute Gasteiger partial charge is 0.504 e. The van der Waals surface area contributed by atoms with E-state index in [0.717, 1.165) is 10.4 Å². The number of halogens is 1. The molecule has 1 heterocycles. The van der Waals surface area contributed by atoms with Crippen LogP contribution in [-0.4, -0.2) is 14.7 Å². The minimum Gasteiger partial charge on any atom is -0.504 e. The molecular weight excluding hydrogens is 296 g/mol. The Labute approximate surface area is 114 Å². The van der Waals surface area contributed by atoms with E-state index in [9.17, 15) is 5.11 Å². The lowest BCUT2D eigenvalue weighted by molar-refractivity contribution is 0.277. The van der Waals surface area contributed by atoms with Gasteiger partial charge in [0.1, 0.15) is 6.61 Å². The monoisotopic (exact) mass is 310 g/mol. The number of imidazole rings is 1. The Hall–Kier alpha value is -1.49. The summed E-state index contributed by atoms with van der Waals surface area (Å²) in [5, 5.41) is 9.62. The summed E-state index contributed by atoms with van der Waals surface area (Å²) < 4.78 is 8.42. The quantitative estimate of drug-likeness (QED) is 0.940. The predicted octanol–water partition coefficient (Wildman–Crippen LogP) is 3.51. The third kappa shape index (κ3) is 2.67. The number of nitrogens with zero attached hydrogens (tertiary/aromatic N) is 2. The zero-order valence-electron chi connectivity index (χ0n) is 10.3. The van der Waals surface area contributed by atoms with Gasteiger partial charge in [-0.3, -0.25) is 0 Å². The summed E-state index contributed by atoms with van der Waals surface area (Å²) in [6, 6.07) is 7.22. The van der Waals surface area contributed by atoms with Gasteiger partial charge in [0.25, 0.3) is 0 Å². The van der Waals surface area contributed by atoms with Crippen LogP contribution in [0.15, 0.2) is 35.2 Å². The van der Waals surface area contributed by atoms with Crippen LogP contribution in [0, 0.1) is 0 Å². The lowest BCUT2D eigenvalue weighted by Crippen LogP contribution is -2.08. The van der Waals surface area contributed by atoms with E-state index in [0.29, 0.717) is 18.4 Å². The van der Waals surface area contributed by atoms with Crippen molar-refractivity contribution >= 4 is 15.9 Å². The molecule has 0 aliphatic rings. The number of aromatic nitrogens is 2.